The third-order valence-corrected chi connectivity index (χ3v) is 4.80. The van der Waals surface area contributed by atoms with Gasteiger partial charge in [-0.25, -0.2) is 4.39 Å². The maximum Gasteiger partial charge on any atom is 0.276 e. The van der Waals surface area contributed by atoms with Crippen LogP contribution in [-0.2, 0) is 13.6 Å². The second-order valence-electron chi connectivity index (χ2n) is 5.48. The molecule has 1 amide bonds. The van der Waals surface area contributed by atoms with Crippen molar-refractivity contribution in [3.8, 4) is 0 Å². The summed E-state index contributed by atoms with van der Waals surface area (Å²) in [5, 5.41) is 11.5. The topological polar surface area (TPSA) is 64.7 Å². The minimum Gasteiger partial charge on any atom is -0.302 e. The van der Waals surface area contributed by atoms with E-state index < -0.39 is 0 Å². The van der Waals surface area contributed by atoms with E-state index in [2.05, 4.69) is 31.4 Å². The molecule has 0 radical (unpaired) electrons. The van der Waals surface area contributed by atoms with Gasteiger partial charge in [-0.2, -0.15) is 10.2 Å². The van der Waals surface area contributed by atoms with Gasteiger partial charge >= 0.3 is 0 Å². The van der Waals surface area contributed by atoms with Crippen LogP contribution >= 0.6 is 27.5 Å². The molecule has 2 aromatic heterocycles. The standard InChI is InChI=1S/C16H14BrClFN5O/c1-9-13(17)14(23(2)21-9)16(25)20-15-12(18)8-24(22-15)7-10-3-5-11(19)6-4-10/h3-6,8H,7H2,1-2H3,(H,20,22,25). The summed E-state index contributed by atoms with van der Waals surface area (Å²) < 4.78 is 16.6. The molecule has 6 nitrogen and oxygen atoms in total. The summed E-state index contributed by atoms with van der Waals surface area (Å²) in [5.74, 6) is -0.421. The number of nitrogens with one attached hydrogen (secondary N) is 1. The van der Waals surface area contributed by atoms with E-state index in [0.29, 0.717) is 27.4 Å². The lowest BCUT2D eigenvalue weighted by molar-refractivity contribution is 0.101. The first-order valence-electron chi connectivity index (χ1n) is 7.33. The highest BCUT2D eigenvalue weighted by molar-refractivity contribution is 9.10. The summed E-state index contributed by atoms with van der Waals surface area (Å²) in [6.07, 6.45) is 1.60. The van der Waals surface area contributed by atoms with Gasteiger partial charge in [0.15, 0.2) is 5.82 Å². The van der Waals surface area contributed by atoms with E-state index in [-0.39, 0.29) is 17.5 Å². The van der Waals surface area contributed by atoms with Crippen molar-refractivity contribution in [3.05, 3.63) is 62.7 Å². The van der Waals surface area contributed by atoms with E-state index in [1.807, 2.05) is 0 Å². The normalized spacial score (nSPS) is 10.9. The van der Waals surface area contributed by atoms with E-state index >= 15 is 0 Å². The fraction of sp³-hybridized carbons (Fsp3) is 0.188. The molecule has 0 fully saturated rings. The third kappa shape index (κ3) is 3.74. The van der Waals surface area contributed by atoms with Crippen molar-refractivity contribution >= 4 is 39.3 Å². The molecule has 25 heavy (non-hydrogen) atoms. The lowest BCUT2D eigenvalue weighted by Gasteiger charge is -2.04. The van der Waals surface area contributed by atoms with Gasteiger partial charge in [-0.15, -0.1) is 0 Å². The summed E-state index contributed by atoms with van der Waals surface area (Å²) in [4.78, 5) is 12.5. The van der Waals surface area contributed by atoms with Gasteiger partial charge in [0.05, 0.1) is 16.7 Å². The van der Waals surface area contributed by atoms with Crippen LogP contribution in [0.2, 0.25) is 5.02 Å². The number of benzene rings is 1. The molecule has 0 aliphatic carbocycles. The lowest BCUT2D eigenvalue weighted by atomic mass is 10.2. The molecule has 1 N–H and O–H groups in total. The van der Waals surface area contributed by atoms with Crippen LogP contribution in [0.3, 0.4) is 0 Å². The Hall–Kier alpha value is -2.19. The summed E-state index contributed by atoms with van der Waals surface area (Å²) in [5.41, 5.74) is 1.95. The van der Waals surface area contributed by atoms with Crippen LogP contribution < -0.4 is 5.32 Å². The average Bonchev–Trinajstić information content (AvgIpc) is 3.01. The van der Waals surface area contributed by atoms with Crippen molar-refractivity contribution in [2.45, 2.75) is 13.5 Å². The Balaban J connectivity index is 1.78. The molecule has 1 aromatic carbocycles. The highest BCUT2D eigenvalue weighted by Crippen LogP contribution is 2.24. The van der Waals surface area contributed by atoms with Crippen LogP contribution in [0, 0.1) is 12.7 Å². The van der Waals surface area contributed by atoms with Gasteiger partial charge in [0.1, 0.15) is 16.5 Å². The first-order valence-corrected chi connectivity index (χ1v) is 8.50. The molecule has 3 aromatic rings. The van der Waals surface area contributed by atoms with Crippen molar-refractivity contribution in [2.24, 2.45) is 7.05 Å². The Morgan fingerprint density at radius 3 is 2.60 bits per heavy atom. The number of aromatic nitrogens is 4. The predicted octanol–water partition coefficient (Wildman–Crippen LogP) is 3.78. The largest absolute Gasteiger partial charge is 0.302 e. The molecule has 2 heterocycles. The number of rotatable bonds is 4. The number of nitrogens with zero attached hydrogens (tertiary/aromatic N) is 4. The number of hydrogen-bond donors (Lipinski definition) is 1. The van der Waals surface area contributed by atoms with E-state index in [9.17, 15) is 9.18 Å². The summed E-state index contributed by atoms with van der Waals surface area (Å²) in [6.45, 7) is 2.20. The van der Waals surface area contributed by atoms with Gasteiger partial charge in [-0.3, -0.25) is 14.2 Å². The van der Waals surface area contributed by atoms with Crippen molar-refractivity contribution < 1.29 is 9.18 Å². The lowest BCUT2D eigenvalue weighted by Crippen LogP contribution is -2.17. The molecular weight excluding hydrogens is 413 g/mol. The van der Waals surface area contributed by atoms with Gasteiger partial charge in [0, 0.05) is 13.2 Å². The van der Waals surface area contributed by atoms with Crippen LogP contribution in [-0.4, -0.2) is 25.5 Å². The van der Waals surface area contributed by atoms with Gasteiger partial charge in [-0.05, 0) is 40.5 Å². The van der Waals surface area contributed by atoms with Gasteiger partial charge < -0.3 is 5.32 Å². The number of amides is 1. The number of hydrogen-bond acceptors (Lipinski definition) is 3. The smallest absolute Gasteiger partial charge is 0.276 e. The average molecular weight is 427 g/mol. The molecule has 0 bridgehead atoms. The molecule has 0 unspecified atom stereocenters. The summed E-state index contributed by atoms with van der Waals surface area (Å²) in [6, 6.07) is 6.09. The van der Waals surface area contributed by atoms with E-state index in [1.165, 1.54) is 16.8 Å². The third-order valence-electron chi connectivity index (χ3n) is 3.57. The molecule has 130 valence electrons. The molecule has 0 atom stereocenters. The molecule has 9 heteroatoms. The number of carbonyl (C=O) groups is 1. The van der Waals surface area contributed by atoms with Crippen LogP contribution in [0.4, 0.5) is 10.2 Å². The number of aryl methyl sites for hydroxylation is 2. The maximum atomic E-state index is 13.0. The number of halogens is 3. The van der Waals surface area contributed by atoms with Crippen molar-refractivity contribution in [1.29, 1.82) is 0 Å². The minimum absolute atomic E-state index is 0.250. The zero-order valence-corrected chi connectivity index (χ0v) is 15.8. The molecule has 0 saturated carbocycles. The van der Waals surface area contributed by atoms with Gasteiger partial charge in [0.2, 0.25) is 0 Å². The first-order chi connectivity index (χ1) is 11.8. The van der Waals surface area contributed by atoms with Gasteiger partial charge in [0.25, 0.3) is 5.91 Å². The summed E-state index contributed by atoms with van der Waals surface area (Å²) in [7, 11) is 1.68. The fourth-order valence-electron chi connectivity index (χ4n) is 2.39. The Kier molecular flexibility index (Phi) is 4.91. The zero-order chi connectivity index (χ0) is 18.1. The van der Waals surface area contributed by atoms with Crippen molar-refractivity contribution in [3.63, 3.8) is 0 Å². The van der Waals surface area contributed by atoms with Crippen LogP contribution in [0.1, 0.15) is 21.7 Å². The number of anilines is 1. The Morgan fingerprint density at radius 2 is 2.00 bits per heavy atom. The Bertz CT molecular complexity index is 935. The van der Waals surface area contributed by atoms with Crippen LogP contribution in [0.25, 0.3) is 0 Å². The minimum atomic E-state index is -0.371. The van der Waals surface area contributed by atoms with Crippen LogP contribution in [0.5, 0.6) is 0 Å². The van der Waals surface area contributed by atoms with Crippen molar-refractivity contribution in [2.75, 3.05) is 5.32 Å². The quantitative estimate of drug-likeness (QED) is 0.690. The molecular formula is C16H14BrClFN5O. The van der Waals surface area contributed by atoms with E-state index in [0.717, 1.165) is 5.56 Å². The van der Waals surface area contributed by atoms with E-state index in [4.69, 9.17) is 11.6 Å². The highest BCUT2D eigenvalue weighted by Gasteiger charge is 2.20. The summed E-state index contributed by atoms with van der Waals surface area (Å²) >= 11 is 9.52. The first kappa shape index (κ1) is 17.6. The van der Waals surface area contributed by atoms with Crippen molar-refractivity contribution in [1.82, 2.24) is 19.6 Å². The maximum absolute atomic E-state index is 13.0. The SMILES string of the molecule is Cc1nn(C)c(C(=O)Nc2nn(Cc3ccc(F)cc3)cc2Cl)c1Br. The highest BCUT2D eigenvalue weighted by atomic mass is 79.9. The van der Waals surface area contributed by atoms with Crippen LogP contribution in [0.15, 0.2) is 34.9 Å². The second kappa shape index (κ2) is 6.97. The van der Waals surface area contributed by atoms with Gasteiger partial charge in [-0.1, -0.05) is 23.7 Å². The Morgan fingerprint density at radius 1 is 1.32 bits per heavy atom. The molecule has 0 saturated heterocycles. The molecule has 0 aliphatic rings. The molecule has 0 spiro atoms. The Labute approximate surface area is 156 Å². The molecule has 3 rings (SSSR count). The second-order valence-corrected chi connectivity index (χ2v) is 6.68. The zero-order valence-electron chi connectivity index (χ0n) is 13.4. The monoisotopic (exact) mass is 425 g/mol. The van der Waals surface area contributed by atoms with E-state index in [1.54, 1.807) is 37.0 Å². The molecule has 0 aliphatic heterocycles. The predicted molar refractivity (Wildman–Crippen MR) is 96.3 cm³/mol. The fourth-order valence-corrected chi connectivity index (χ4v) is 3.10. The number of carbonyl (C=O) groups excluding carboxylic acids is 1.